The lowest BCUT2D eigenvalue weighted by molar-refractivity contribution is 0.289. The monoisotopic (exact) mass is 417 g/mol. The first kappa shape index (κ1) is 16.6. The van der Waals surface area contributed by atoms with E-state index in [0.29, 0.717) is 12.6 Å². The third-order valence-electron chi connectivity index (χ3n) is 4.47. The number of anilines is 1. The first-order valence-corrected chi connectivity index (χ1v) is 9.43. The standard InChI is InChI=1S/C19H17BrClN3O/c20-13-10-17-19(23-11-13)18(7-8-22-17)24-9-1-2-15(24)12-25-16-5-3-14(21)4-6-16/h3-8,10-11,15H,1-2,9,12H2. The first-order valence-electron chi connectivity index (χ1n) is 8.26. The highest BCUT2D eigenvalue weighted by Crippen LogP contribution is 2.31. The molecule has 1 unspecified atom stereocenters. The van der Waals surface area contributed by atoms with Crippen LogP contribution in [0.5, 0.6) is 5.75 Å². The Labute approximate surface area is 159 Å². The molecule has 4 nitrogen and oxygen atoms in total. The molecular formula is C19H17BrClN3O. The van der Waals surface area contributed by atoms with Gasteiger partial charge in [-0.05, 0) is 65.2 Å². The number of pyridine rings is 2. The van der Waals surface area contributed by atoms with Crippen LogP contribution in [0.25, 0.3) is 11.0 Å². The van der Waals surface area contributed by atoms with E-state index in [1.165, 1.54) is 0 Å². The quantitative estimate of drug-likeness (QED) is 0.591. The van der Waals surface area contributed by atoms with Crippen molar-refractivity contribution in [3.63, 3.8) is 0 Å². The summed E-state index contributed by atoms with van der Waals surface area (Å²) in [6, 6.07) is 11.9. The SMILES string of the molecule is Clc1ccc(OCC2CCCN2c2ccnc3cc(Br)cnc23)cc1. The molecule has 0 radical (unpaired) electrons. The van der Waals surface area contributed by atoms with Gasteiger partial charge >= 0.3 is 0 Å². The van der Waals surface area contributed by atoms with Crippen molar-refractivity contribution in [2.24, 2.45) is 0 Å². The lowest BCUT2D eigenvalue weighted by Crippen LogP contribution is -2.34. The molecule has 0 N–H and O–H groups in total. The molecule has 1 fully saturated rings. The van der Waals surface area contributed by atoms with E-state index in [0.717, 1.165) is 51.4 Å². The minimum absolute atomic E-state index is 0.326. The molecule has 0 amide bonds. The Morgan fingerprint density at radius 1 is 1.20 bits per heavy atom. The zero-order valence-electron chi connectivity index (χ0n) is 13.5. The molecular weight excluding hydrogens is 402 g/mol. The molecule has 0 aliphatic carbocycles. The minimum atomic E-state index is 0.326. The summed E-state index contributed by atoms with van der Waals surface area (Å²) in [5.41, 5.74) is 2.96. The summed E-state index contributed by atoms with van der Waals surface area (Å²) in [5, 5.41) is 0.718. The highest BCUT2D eigenvalue weighted by molar-refractivity contribution is 9.10. The summed E-state index contributed by atoms with van der Waals surface area (Å²) in [5.74, 6) is 0.845. The molecule has 128 valence electrons. The fourth-order valence-corrected chi connectivity index (χ4v) is 3.72. The van der Waals surface area contributed by atoms with Crippen molar-refractivity contribution in [3.05, 3.63) is 58.3 Å². The molecule has 0 saturated carbocycles. The van der Waals surface area contributed by atoms with E-state index in [9.17, 15) is 0 Å². The molecule has 25 heavy (non-hydrogen) atoms. The summed E-state index contributed by atoms with van der Waals surface area (Å²) < 4.78 is 6.92. The van der Waals surface area contributed by atoms with Gasteiger partial charge in [-0.25, -0.2) is 0 Å². The van der Waals surface area contributed by atoms with E-state index in [2.05, 4.69) is 30.8 Å². The van der Waals surface area contributed by atoms with Crippen LogP contribution in [0.1, 0.15) is 12.8 Å². The van der Waals surface area contributed by atoms with Gasteiger partial charge in [0.1, 0.15) is 17.9 Å². The van der Waals surface area contributed by atoms with Crippen molar-refractivity contribution < 1.29 is 4.74 Å². The van der Waals surface area contributed by atoms with E-state index < -0.39 is 0 Å². The van der Waals surface area contributed by atoms with Crippen LogP contribution in [0.2, 0.25) is 5.02 Å². The maximum atomic E-state index is 5.98. The van der Waals surface area contributed by atoms with Gasteiger partial charge in [-0.2, -0.15) is 0 Å². The second-order valence-corrected chi connectivity index (χ2v) is 7.46. The van der Waals surface area contributed by atoms with Crippen LogP contribution in [0, 0.1) is 0 Å². The van der Waals surface area contributed by atoms with Gasteiger partial charge in [-0.1, -0.05) is 11.6 Å². The fraction of sp³-hybridized carbons (Fsp3) is 0.263. The zero-order chi connectivity index (χ0) is 17.2. The molecule has 1 saturated heterocycles. The number of nitrogens with zero attached hydrogens (tertiary/aromatic N) is 3. The average molecular weight is 419 g/mol. The third kappa shape index (κ3) is 3.58. The van der Waals surface area contributed by atoms with Gasteiger partial charge in [0.15, 0.2) is 0 Å². The number of rotatable bonds is 4. The van der Waals surface area contributed by atoms with Crippen LogP contribution in [0.15, 0.2) is 53.3 Å². The Morgan fingerprint density at radius 3 is 2.88 bits per heavy atom. The molecule has 1 atom stereocenters. The predicted molar refractivity (Wildman–Crippen MR) is 105 cm³/mol. The topological polar surface area (TPSA) is 38.2 Å². The summed E-state index contributed by atoms with van der Waals surface area (Å²) in [4.78, 5) is 11.4. The number of aromatic nitrogens is 2. The normalized spacial score (nSPS) is 17.2. The minimum Gasteiger partial charge on any atom is -0.491 e. The third-order valence-corrected chi connectivity index (χ3v) is 5.15. The summed E-state index contributed by atoms with van der Waals surface area (Å²) in [6.45, 7) is 1.65. The van der Waals surface area contributed by atoms with Crippen molar-refractivity contribution in [1.29, 1.82) is 0 Å². The van der Waals surface area contributed by atoms with Crippen molar-refractivity contribution in [1.82, 2.24) is 9.97 Å². The number of hydrogen-bond acceptors (Lipinski definition) is 4. The Kier molecular flexibility index (Phi) is 4.77. The Bertz CT molecular complexity index is 887. The molecule has 3 aromatic rings. The van der Waals surface area contributed by atoms with Gasteiger partial charge in [0, 0.05) is 28.4 Å². The summed E-state index contributed by atoms with van der Waals surface area (Å²) >= 11 is 9.39. The molecule has 1 aliphatic heterocycles. The molecule has 4 rings (SSSR count). The van der Waals surface area contributed by atoms with E-state index in [1.54, 1.807) is 0 Å². The lowest BCUT2D eigenvalue weighted by Gasteiger charge is -2.27. The summed E-state index contributed by atoms with van der Waals surface area (Å²) in [6.07, 6.45) is 5.92. The van der Waals surface area contributed by atoms with Crippen LogP contribution in [0.4, 0.5) is 5.69 Å². The zero-order valence-corrected chi connectivity index (χ0v) is 15.9. The Balaban J connectivity index is 1.56. The smallest absolute Gasteiger partial charge is 0.119 e. The average Bonchev–Trinajstić information content (AvgIpc) is 3.09. The lowest BCUT2D eigenvalue weighted by atomic mass is 10.2. The first-order chi connectivity index (χ1) is 12.2. The number of hydrogen-bond donors (Lipinski definition) is 0. The second kappa shape index (κ2) is 7.18. The van der Waals surface area contributed by atoms with Crippen LogP contribution in [-0.4, -0.2) is 29.2 Å². The number of benzene rings is 1. The van der Waals surface area contributed by atoms with Gasteiger partial charge < -0.3 is 9.64 Å². The van der Waals surface area contributed by atoms with E-state index in [1.807, 2.05) is 48.8 Å². The maximum absolute atomic E-state index is 5.98. The van der Waals surface area contributed by atoms with E-state index in [-0.39, 0.29) is 0 Å². The van der Waals surface area contributed by atoms with Crippen LogP contribution < -0.4 is 9.64 Å². The Morgan fingerprint density at radius 2 is 2.04 bits per heavy atom. The van der Waals surface area contributed by atoms with Crippen molar-refractivity contribution in [2.75, 3.05) is 18.1 Å². The van der Waals surface area contributed by atoms with Crippen molar-refractivity contribution in [2.45, 2.75) is 18.9 Å². The van der Waals surface area contributed by atoms with Crippen LogP contribution in [0.3, 0.4) is 0 Å². The van der Waals surface area contributed by atoms with Gasteiger partial charge in [-0.3, -0.25) is 9.97 Å². The molecule has 1 aromatic carbocycles. The Hall–Kier alpha value is -1.85. The molecule has 0 bridgehead atoms. The summed E-state index contributed by atoms with van der Waals surface area (Å²) in [7, 11) is 0. The molecule has 0 spiro atoms. The van der Waals surface area contributed by atoms with Gasteiger partial charge in [-0.15, -0.1) is 0 Å². The molecule has 2 aromatic heterocycles. The van der Waals surface area contributed by atoms with Gasteiger partial charge in [0.2, 0.25) is 0 Å². The number of ether oxygens (including phenoxy) is 1. The fourth-order valence-electron chi connectivity index (χ4n) is 3.27. The molecule has 3 heterocycles. The van der Waals surface area contributed by atoms with Gasteiger partial charge in [0.05, 0.1) is 17.2 Å². The number of halogens is 2. The van der Waals surface area contributed by atoms with Gasteiger partial charge in [0.25, 0.3) is 0 Å². The van der Waals surface area contributed by atoms with Crippen molar-refractivity contribution >= 4 is 44.3 Å². The molecule has 6 heteroatoms. The van der Waals surface area contributed by atoms with E-state index in [4.69, 9.17) is 16.3 Å². The van der Waals surface area contributed by atoms with Crippen molar-refractivity contribution in [3.8, 4) is 5.75 Å². The highest BCUT2D eigenvalue weighted by atomic mass is 79.9. The van der Waals surface area contributed by atoms with E-state index >= 15 is 0 Å². The predicted octanol–water partition coefficient (Wildman–Crippen LogP) is 5.09. The largest absolute Gasteiger partial charge is 0.491 e. The van der Waals surface area contributed by atoms with Crippen LogP contribution >= 0.6 is 27.5 Å². The van der Waals surface area contributed by atoms with Crippen LogP contribution in [-0.2, 0) is 0 Å². The second-order valence-electron chi connectivity index (χ2n) is 6.11. The molecule has 1 aliphatic rings. The number of fused-ring (bicyclic) bond motifs is 1. The maximum Gasteiger partial charge on any atom is 0.119 e. The highest BCUT2D eigenvalue weighted by Gasteiger charge is 2.27.